The number of benzene rings is 2. The van der Waals surface area contributed by atoms with Crippen molar-refractivity contribution in [3.63, 3.8) is 0 Å². The molecule has 0 N–H and O–H groups in total. The van der Waals surface area contributed by atoms with Crippen molar-refractivity contribution in [2.45, 2.75) is 51.1 Å². The fourth-order valence-electron chi connectivity index (χ4n) is 3.45. The van der Waals surface area contributed by atoms with Crippen molar-refractivity contribution >= 4 is 17.3 Å². The minimum Gasteiger partial charge on any atom is -0.347 e. The molecule has 1 amide bonds. The van der Waals surface area contributed by atoms with Crippen molar-refractivity contribution < 1.29 is 14.3 Å². The van der Waals surface area contributed by atoms with Crippen LogP contribution in [0.2, 0.25) is 0 Å². The molecule has 1 saturated heterocycles. The summed E-state index contributed by atoms with van der Waals surface area (Å²) in [6, 6.07) is 21.3. The number of ether oxygens (including phenoxy) is 2. The normalized spacial score (nSPS) is 21.2. The third-order valence-corrected chi connectivity index (χ3v) is 4.43. The number of nitriles is 1. The second-order valence-corrected chi connectivity index (χ2v) is 7.08. The molecular weight excluding hydrogens is 340 g/mol. The van der Waals surface area contributed by atoms with Gasteiger partial charge in [0, 0.05) is 17.8 Å². The monoisotopic (exact) mass is 364 g/mol. The Balaban J connectivity index is 1.82. The minimum absolute atomic E-state index is 0.0502. The van der Waals surface area contributed by atoms with E-state index >= 15 is 0 Å². The molecule has 3 rings (SSSR count). The van der Waals surface area contributed by atoms with Crippen molar-refractivity contribution in [1.82, 2.24) is 0 Å². The van der Waals surface area contributed by atoms with Gasteiger partial charge in [-0.15, -0.1) is 0 Å². The molecule has 1 heterocycles. The fraction of sp³-hybridized carbons (Fsp3) is 0.364. The third kappa shape index (κ3) is 4.94. The molecule has 0 spiro atoms. The highest BCUT2D eigenvalue weighted by molar-refractivity contribution is 6.00. The molecule has 0 radical (unpaired) electrons. The molecule has 0 saturated carbocycles. The lowest BCUT2D eigenvalue weighted by Crippen LogP contribution is -2.46. The smallest absolute Gasteiger partial charge is 0.234 e. The highest BCUT2D eigenvalue weighted by Gasteiger charge is 2.37. The molecule has 0 unspecified atom stereocenters. The summed E-state index contributed by atoms with van der Waals surface area (Å²) in [5.74, 6) is -0.861. The van der Waals surface area contributed by atoms with Crippen LogP contribution in [0.4, 0.5) is 11.4 Å². The second kappa shape index (κ2) is 8.34. The molecule has 0 bridgehead atoms. The molecular formula is C22H24N2O3. The van der Waals surface area contributed by atoms with Gasteiger partial charge >= 0.3 is 0 Å². The van der Waals surface area contributed by atoms with Gasteiger partial charge in [-0.05, 0) is 38.1 Å². The Morgan fingerprint density at radius 3 is 2.07 bits per heavy atom. The van der Waals surface area contributed by atoms with Gasteiger partial charge < -0.3 is 9.47 Å². The average Bonchev–Trinajstić information content (AvgIpc) is 2.62. The number of hydrogen-bond donors (Lipinski definition) is 0. The molecule has 1 aliphatic heterocycles. The Kier molecular flexibility index (Phi) is 5.90. The topological polar surface area (TPSA) is 62.6 Å². The Morgan fingerprint density at radius 1 is 1.04 bits per heavy atom. The lowest BCUT2D eigenvalue weighted by molar-refractivity contribution is -0.297. The standard InChI is InChI=1S/C22H24N2O3/c1-22(2)26-19(13-14-23)15-20(27-22)16-21(25)24(17-9-5-3-6-10-17)18-11-7-4-8-12-18/h3-12,19-20H,13,15-16H2,1-2H3/t19-,20-/m1/s1. The number of para-hydroxylation sites is 2. The first-order valence-electron chi connectivity index (χ1n) is 9.14. The van der Waals surface area contributed by atoms with Crippen LogP contribution in [0.1, 0.15) is 33.1 Å². The van der Waals surface area contributed by atoms with Crippen LogP contribution in [0.5, 0.6) is 0 Å². The van der Waals surface area contributed by atoms with Gasteiger partial charge in [0.15, 0.2) is 5.79 Å². The maximum atomic E-state index is 13.2. The summed E-state index contributed by atoms with van der Waals surface area (Å²) < 4.78 is 11.7. The van der Waals surface area contributed by atoms with E-state index in [0.717, 1.165) is 11.4 Å². The summed E-state index contributed by atoms with van der Waals surface area (Å²) in [4.78, 5) is 14.9. The number of rotatable bonds is 5. The van der Waals surface area contributed by atoms with E-state index in [1.165, 1.54) is 0 Å². The first kappa shape index (κ1) is 19.1. The van der Waals surface area contributed by atoms with Crippen LogP contribution >= 0.6 is 0 Å². The zero-order valence-corrected chi connectivity index (χ0v) is 15.7. The third-order valence-electron chi connectivity index (χ3n) is 4.43. The van der Waals surface area contributed by atoms with E-state index in [9.17, 15) is 4.79 Å². The van der Waals surface area contributed by atoms with Gasteiger partial charge in [-0.2, -0.15) is 5.26 Å². The molecule has 0 aliphatic carbocycles. The maximum absolute atomic E-state index is 13.2. The summed E-state index contributed by atoms with van der Waals surface area (Å²) >= 11 is 0. The molecule has 140 valence electrons. The van der Waals surface area contributed by atoms with Crippen molar-refractivity contribution in [2.75, 3.05) is 4.90 Å². The van der Waals surface area contributed by atoms with Gasteiger partial charge in [0.2, 0.25) is 5.91 Å². The van der Waals surface area contributed by atoms with Crippen LogP contribution in [0.25, 0.3) is 0 Å². The summed E-state index contributed by atoms with van der Waals surface area (Å²) in [6.45, 7) is 3.64. The van der Waals surface area contributed by atoms with Crippen molar-refractivity contribution in [2.24, 2.45) is 0 Å². The number of carbonyl (C=O) groups is 1. The van der Waals surface area contributed by atoms with Crippen molar-refractivity contribution in [1.29, 1.82) is 5.26 Å². The Hall–Kier alpha value is -2.68. The molecule has 5 heteroatoms. The molecule has 2 aromatic carbocycles. The minimum atomic E-state index is -0.810. The predicted molar refractivity (Wildman–Crippen MR) is 103 cm³/mol. The predicted octanol–water partition coefficient (Wildman–Crippen LogP) is 4.57. The summed E-state index contributed by atoms with van der Waals surface area (Å²) in [5.41, 5.74) is 1.63. The number of amides is 1. The Morgan fingerprint density at radius 2 is 1.56 bits per heavy atom. The number of anilines is 2. The van der Waals surface area contributed by atoms with E-state index in [2.05, 4.69) is 6.07 Å². The average molecular weight is 364 g/mol. The lowest BCUT2D eigenvalue weighted by atomic mass is 10.0. The number of carbonyl (C=O) groups excluding carboxylic acids is 1. The van der Waals surface area contributed by atoms with E-state index in [0.29, 0.717) is 12.8 Å². The molecule has 2 atom stereocenters. The van der Waals surface area contributed by atoms with Gasteiger partial charge in [0.25, 0.3) is 0 Å². The first-order chi connectivity index (χ1) is 13.0. The molecule has 5 nitrogen and oxygen atoms in total. The highest BCUT2D eigenvalue weighted by atomic mass is 16.7. The quantitative estimate of drug-likeness (QED) is 0.780. The molecule has 0 aromatic heterocycles. The lowest BCUT2D eigenvalue weighted by Gasteiger charge is -2.40. The SMILES string of the molecule is CC1(C)O[C@H](CC#N)C[C@H](CC(=O)N(c2ccccc2)c2ccccc2)O1. The van der Waals surface area contributed by atoms with Crippen LogP contribution in [-0.2, 0) is 14.3 Å². The molecule has 1 fully saturated rings. The van der Waals surface area contributed by atoms with Gasteiger partial charge in [0.05, 0.1) is 31.1 Å². The van der Waals surface area contributed by atoms with Crippen LogP contribution < -0.4 is 4.90 Å². The molecule has 27 heavy (non-hydrogen) atoms. The summed E-state index contributed by atoms with van der Waals surface area (Å²) in [6.07, 6.45) is 0.519. The van der Waals surface area contributed by atoms with Gasteiger partial charge in [-0.25, -0.2) is 0 Å². The number of hydrogen-bond acceptors (Lipinski definition) is 4. The largest absolute Gasteiger partial charge is 0.347 e. The Labute approximate surface area is 160 Å². The molecule has 1 aliphatic rings. The van der Waals surface area contributed by atoms with E-state index < -0.39 is 5.79 Å². The fourth-order valence-corrected chi connectivity index (χ4v) is 3.45. The van der Waals surface area contributed by atoms with Gasteiger partial charge in [-0.1, -0.05) is 36.4 Å². The van der Waals surface area contributed by atoms with Crippen LogP contribution in [0.15, 0.2) is 60.7 Å². The van der Waals surface area contributed by atoms with Crippen LogP contribution in [0.3, 0.4) is 0 Å². The van der Waals surface area contributed by atoms with E-state index in [1.807, 2.05) is 74.5 Å². The van der Waals surface area contributed by atoms with Crippen molar-refractivity contribution in [3.8, 4) is 6.07 Å². The zero-order valence-electron chi connectivity index (χ0n) is 15.7. The van der Waals surface area contributed by atoms with Gasteiger partial charge in [0.1, 0.15) is 0 Å². The maximum Gasteiger partial charge on any atom is 0.234 e. The highest BCUT2D eigenvalue weighted by Crippen LogP contribution is 2.32. The summed E-state index contributed by atoms with van der Waals surface area (Å²) in [5, 5.41) is 9.00. The van der Waals surface area contributed by atoms with Crippen LogP contribution in [-0.4, -0.2) is 23.9 Å². The van der Waals surface area contributed by atoms with Gasteiger partial charge in [-0.3, -0.25) is 9.69 Å². The van der Waals surface area contributed by atoms with Crippen molar-refractivity contribution in [3.05, 3.63) is 60.7 Å². The van der Waals surface area contributed by atoms with E-state index in [-0.39, 0.29) is 24.5 Å². The first-order valence-corrected chi connectivity index (χ1v) is 9.14. The molecule has 2 aromatic rings. The summed E-state index contributed by atoms with van der Waals surface area (Å²) in [7, 11) is 0. The van der Waals surface area contributed by atoms with E-state index in [1.54, 1.807) is 4.90 Å². The van der Waals surface area contributed by atoms with Crippen LogP contribution in [0, 0.1) is 11.3 Å². The van der Waals surface area contributed by atoms with E-state index in [4.69, 9.17) is 14.7 Å². The Bertz CT molecular complexity index is 760. The second-order valence-electron chi connectivity index (χ2n) is 7.08. The zero-order chi connectivity index (χ0) is 19.3. The number of nitrogens with zero attached hydrogens (tertiary/aromatic N) is 2.